The summed E-state index contributed by atoms with van der Waals surface area (Å²) in [5.41, 5.74) is 1.97. The van der Waals surface area contributed by atoms with Crippen LogP contribution in [0.1, 0.15) is 24.1 Å². The second kappa shape index (κ2) is 11.4. The Bertz CT molecular complexity index is 964. The van der Waals surface area contributed by atoms with Crippen molar-refractivity contribution in [2.24, 2.45) is 0 Å². The molecule has 3 heterocycles. The summed E-state index contributed by atoms with van der Waals surface area (Å²) in [5.74, 6) is 0.216. The molecule has 1 aromatic carbocycles. The van der Waals surface area contributed by atoms with Gasteiger partial charge in [-0.25, -0.2) is 0 Å². The van der Waals surface area contributed by atoms with Gasteiger partial charge in [0, 0.05) is 57.1 Å². The van der Waals surface area contributed by atoms with Gasteiger partial charge in [0.15, 0.2) is 5.75 Å². The number of carbonyl (C=O) groups is 1. The van der Waals surface area contributed by atoms with Gasteiger partial charge in [-0.3, -0.25) is 19.4 Å². The van der Waals surface area contributed by atoms with E-state index in [2.05, 4.69) is 39.4 Å². The highest BCUT2D eigenvalue weighted by atomic mass is 16.5. The molecule has 2 fully saturated rings. The molecule has 0 unspecified atom stereocenters. The summed E-state index contributed by atoms with van der Waals surface area (Å²) in [5, 5.41) is 3.20. The molecule has 2 aromatic rings. The number of rotatable bonds is 8. The van der Waals surface area contributed by atoms with E-state index >= 15 is 0 Å². The maximum absolute atomic E-state index is 12.9. The average Bonchev–Trinajstić information content (AvgIpc) is 2.83. The number of piperidine rings is 1. The van der Waals surface area contributed by atoms with Gasteiger partial charge in [-0.05, 0) is 18.4 Å². The van der Waals surface area contributed by atoms with Gasteiger partial charge in [0.2, 0.25) is 11.3 Å². The highest BCUT2D eigenvalue weighted by molar-refractivity contribution is 5.76. The molecule has 0 bridgehead atoms. The summed E-state index contributed by atoms with van der Waals surface area (Å²) in [6.07, 6.45) is 3.53. The van der Waals surface area contributed by atoms with Gasteiger partial charge < -0.3 is 19.4 Å². The molecule has 1 amide bonds. The Morgan fingerprint density at radius 1 is 1.06 bits per heavy atom. The standard InChI is InChI=1S/C25H34N4O4/c1-32-24-18-29(22(15-23(24)30)17-28-11-13-33-14-12-28)19-25(31)26-21-7-9-27(10-8-21)16-20-5-3-2-4-6-20/h2-6,15,18,21H,7-14,16-17,19H2,1H3,(H,26,31). The predicted octanol–water partition coefficient (Wildman–Crippen LogP) is 1.47. The molecule has 0 aliphatic carbocycles. The van der Waals surface area contributed by atoms with E-state index in [9.17, 15) is 9.59 Å². The highest BCUT2D eigenvalue weighted by Crippen LogP contribution is 2.15. The van der Waals surface area contributed by atoms with E-state index in [4.69, 9.17) is 9.47 Å². The van der Waals surface area contributed by atoms with Gasteiger partial charge in [-0.2, -0.15) is 0 Å². The van der Waals surface area contributed by atoms with Crippen LogP contribution in [0.4, 0.5) is 0 Å². The smallest absolute Gasteiger partial charge is 0.240 e. The van der Waals surface area contributed by atoms with Crippen LogP contribution in [0.2, 0.25) is 0 Å². The Morgan fingerprint density at radius 2 is 1.76 bits per heavy atom. The molecule has 178 valence electrons. The van der Waals surface area contributed by atoms with Crippen LogP contribution in [-0.2, 0) is 29.2 Å². The third kappa shape index (κ3) is 6.66. The quantitative estimate of drug-likeness (QED) is 0.651. The first kappa shape index (κ1) is 23.5. The monoisotopic (exact) mass is 454 g/mol. The van der Waals surface area contributed by atoms with E-state index in [1.165, 1.54) is 12.7 Å². The van der Waals surface area contributed by atoms with E-state index in [0.29, 0.717) is 19.8 Å². The van der Waals surface area contributed by atoms with Gasteiger partial charge in [-0.1, -0.05) is 30.3 Å². The van der Waals surface area contributed by atoms with Crippen molar-refractivity contribution in [2.75, 3.05) is 46.5 Å². The lowest BCUT2D eigenvalue weighted by Gasteiger charge is -2.32. The number of pyridine rings is 1. The summed E-state index contributed by atoms with van der Waals surface area (Å²) in [7, 11) is 1.48. The normalized spacial score (nSPS) is 18.2. The van der Waals surface area contributed by atoms with Crippen LogP contribution in [0.3, 0.4) is 0 Å². The largest absolute Gasteiger partial charge is 0.491 e. The molecule has 4 rings (SSSR count). The molecule has 2 saturated heterocycles. The molecular formula is C25H34N4O4. The molecule has 1 N–H and O–H groups in total. The predicted molar refractivity (Wildman–Crippen MR) is 126 cm³/mol. The summed E-state index contributed by atoms with van der Waals surface area (Å²) in [6.45, 7) is 6.65. The number of carbonyl (C=O) groups excluding carboxylic acids is 1. The van der Waals surface area contributed by atoms with Crippen molar-refractivity contribution in [1.29, 1.82) is 0 Å². The Hall–Kier alpha value is -2.68. The van der Waals surface area contributed by atoms with Gasteiger partial charge in [-0.15, -0.1) is 0 Å². The molecule has 0 spiro atoms. The van der Waals surface area contributed by atoms with E-state index < -0.39 is 0 Å². The number of nitrogens with one attached hydrogen (secondary N) is 1. The first-order valence-corrected chi connectivity index (χ1v) is 11.7. The Kier molecular flexibility index (Phi) is 8.15. The first-order chi connectivity index (χ1) is 16.1. The van der Waals surface area contributed by atoms with E-state index in [1.807, 2.05) is 10.6 Å². The molecule has 8 nitrogen and oxygen atoms in total. The van der Waals surface area contributed by atoms with Crippen molar-refractivity contribution in [2.45, 2.75) is 38.5 Å². The van der Waals surface area contributed by atoms with Crippen LogP contribution in [0.5, 0.6) is 5.75 Å². The zero-order chi connectivity index (χ0) is 23.0. The summed E-state index contributed by atoms with van der Waals surface area (Å²) >= 11 is 0. The summed E-state index contributed by atoms with van der Waals surface area (Å²) in [4.78, 5) is 29.9. The van der Waals surface area contributed by atoms with Crippen LogP contribution >= 0.6 is 0 Å². The van der Waals surface area contributed by atoms with Gasteiger partial charge in [0.25, 0.3) is 0 Å². The minimum absolute atomic E-state index is 0.0366. The number of ether oxygens (including phenoxy) is 2. The number of nitrogens with zero attached hydrogens (tertiary/aromatic N) is 3. The molecule has 8 heteroatoms. The summed E-state index contributed by atoms with van der Waals surface area (Å²) < 4.78 is 12.5. The van der Waals surface area contributed by atoms with E-state index in [0.717, 1.165) is 51.3 Å². The number of amides is 1. The summed E-state index contributed by atoms with van der Waals surface area (Å²) in [6, 6.07) is 12.2. The molecule has 2 aliphatic rings. The van der Waals surface area contributed by atoms with Crippen molar-refractivity contribution in [3.05, 3.63) is 64.1 Å². The van der Waals surface area contributed by atoms with Crippen molar-refractivity contribution >= 4 is 5.91 Å². The van der Waals surface area contributed by atoms with Gasteiger partial charge >= 0.3 is 0 Å². The lowest BCUT2D eigenvalue weighted by molar-refractivity contribution is -0.122. The third-order valence-corrected chi connectivity index (χ3v) is 6.41. The maximum atomic E-state index is 12.9. The van der Waals surface area contributed by atoms with Crippen LogP contribution < -0.4 is 15.5 Å². The SMILES string of the molecule is COc1cn(CC(=O)NC2CCN(Cc3ccccc3)CC2)c(CN2CCOCC2)cc1=O. The Balaban J connectivity index is 1.33. The molecule has 2 aliphatic heterocycles. The van der Waals surface area contributed by atoms with E-state index in [1.54, 1.807) is 12.3 Å². The fourth-order valence-corrected chi connectivity index (χ4v) is 4.52. The van der Waals surface area contributed by atoms with Crippen LogP contribution in [0.15, 0.2) is 47.4 Å². The van der Waals surface area contributed by atoms with Gasteiger partial charge in [0.1, 0.15) is 6.54 Å². The molecule has 1 aromatic heterocycles. The maximum Gasteiger partial charge on any atom is 0.240 e. The molecule has 0 radical (unpaired) electrons. The molecule has 0 atom stereocenters. The zero-order valence-electron chi connectivity index (χ0n) is 19.4. The van der Waals surface area contributed by atoms with Crippen molar-refractivity contribution in [3.63, 3.8) is 0 Å². The van der Waals surface area contributed by atoms with Crippen LogP contribution in [0.25, 0.3) is 0 Å². The van der Waals surface area contributed by atoms with Crippen molar-refractivity contribution in [1.82, 2.24) is 19.7 Å². The number of aromatic nitrogens is 1. The van der Waals surface area contributed by atoms with Crippen molar-refractivity contribution < 1.29 is 14.3 Å². The lowest BCUT2D eigenvalue weighted by atomic mass is 10.0. The number of methoxy groups -OCH3 is 1. The fraction of sp³-hybridized carbons (Fsp3) is 0.520. The van der Waals surface area contributed by atoms with Crippen LogP contribution in [-0.4, -0.2) is 72.8 Å². The molecular weight excluding hydrogens is 420 g/mol. The average molecular weight is 455 g/mol. The zero-order valence-corrected chi connectivity index (χ0v) is 19.4. The lowest BCUT2D eigenvalue weighted by Crippen LogP contribution is -2.45. The molecule has 0 saturated carbocycles. The van der Waals surface area contributed by atoms with Crippen molar-refractivity contribution in [3.8, 4) is 5.75 Å². The highest BCUT2D eigenvalue weighted by Gasteiger charge is 2.22. The Morgan fingerprint density at radius 3 is 2.45 bits per heavy atom. The number of benzene rings is 1. The topological polar surface area (TPSA) is 76.0 Å². The fourth-order valence-electron chi connectivity index (χ4n) is 4.52. The second-order valence-corrected chi connectivity index (χ2v) is 8.82. The third-order valence-electron chi connectivity index (χ3n) is 6.41. The number of hydrogen-bond donors (Lipinski definition) is 1. The minimum Gasteiger partial charge on any atom is -0.491 e. The number of likely N-dealkylation sites (tertiary alicyclic amines) is 1. The Labute approximate surface area is 195 Å². The minimum atomic E-state index is -0.164. The van der Waals surface area contributed by atoms with E-state index in [-0.39, 0.29) is 29.7 Å². The van der Waals surface area contributed by atoms with Crippen LogP contribution in [0, 0.1) is 0 Å². The number of hydrogen-bond acceptors (Lipinski definition) is 6. The second-order valence-electron chi connectivity index (χ2n) is 8.82. The first-order valence-electron chi connectivity index (χ1n) is 11.7. The molecule has 33 heavy (non-hydrogen) atoms. The van der Waals surface area contributed by atoms with Gasteiger partial charge in [0.05, 0.1) is 26.5 Å². The number of morpholine rings is 1.